The van der Waals surface area contributed by atoms with Crippen LogP contribution in [0.25, 0.3) is 10.9 Å². The number of nitrogens with zero attached hydrogens (tertiary/aromatic N) is 1. The van der Waals surface area contributed by atoms with E-state index in [0.717, 1.165) is 10.8 Å². The van der Waals surface area contributed by atoms with Crippen LogP contribution >= 0.6 is 23.3 Å². The van der Waals surface area contributed by atoms with Gasteiger partial charge in [-0.2, -0.15) is 16.1 Å². The second-order valence-corrected chi connectivity index (χ2v) is 6.45. The van der Waals surface area contributed by atoms with E-state index in [2.05, 4.69) is 34.1 Å². The van der Waals surface area contributed by atoms with Crippen LogP contribution in [-0.2, 0) is 0 Å². The summed E-state index contributed by atoms with van der Waals surface area (Å²) < 4.78 is 4.47. The molecule has 1 aliphatic rings. The van der Waals surface area contributed by atoms with Crippen LogP contribution in [0.4, 0.5) is 5.00 Å². The lowest BCUT2D eigenvalue weighted by atomic mass is 10.2. The van der Waals surface area contributed by atoms with E-state index in [0.29, 0.717) is 6.04 Å². The average Bonchev–Trinajstić information content (AvgIpc) is 2.97. The summed E-state index contributed by atoms with van der Waals surface area (Å²) in [5.41, 5.74) is 1.11. The first-order valence-corrected chi connectivity index (χ1v) is 8.06. The lowest BCUT2D eigenvalue weighted by Gasteiger charge is -2.12. The summed E-state index contributed by atoms with van der Waals surface area (Å²) in [6.45, 7) is 0. The molecule has 2 atom stereocenters. The Morgan fingerprint density at radius 1 is 1.35 bits per heavy atom. The van der Waals surface area contributed by atoms with Gasteiger partial charge in [0.25, 0.3) is 0 Å². The molecule has 0 spiro atoms. The van der Waals surface area contributed by atoms with E-state index in [9.17, 15) is 0 Å². The van der Waals surface area contributed by atoms with E-state index in [4.69, 9.17) is 0 Å². The van der Waals surface area contributed by atoms with E-state index in [1.807, 2.05) is 17.8 Å². The van der Waals surface area contributed by atoms with Gasteiger partial charge in [0.2, 0.25) is 0 Å². The normalized spacial score (nSPS) is 24.3. The largest absolute Gasteiger partial charge is 0.372 e. The van der Waals surface area contributed by atoms with Crippen molar-refractivity contribution in [2.45, 2.75) is 30.6 Å². The summed E-state index contributed by atoms with van der Waals surface area (Å²) in [5.74, 6) is 0. The molecule has 4 heteroatoms. The van der Waals surface area contributed by atoms with E-state index >= 15 is 0 Å². The lowest BCUT2D eigenvalue weighted by molar-refractivity contribution is 0.761. The standard InChI is InChI=1S/C13H16N2S2/c1-16-10-7-6-9(8-10)14-13-11-4-2-3-5-12(11)15-17-13/h2-5,9-10,14H,6-8H2,1H3. The Kier molecular flexibility index (Phi) is 3.25. The summed E-state index contributed by atoms with van der Waals surface area (Å²) in [5, 5.41) is 7.02. The van der Waals surface area contributed by atoms with Crippen LogP contribution in [0, 0.1) is 0 Å². The van der Waals surface area contributed by atoms with Crippen molar-refractivity contribution in [2.24, 2.45) is 0 Å². The Morgan fingerprint density at radius 3 is 3.06 bits per heavy atom. The van der Waals surface area contributed by atoms with Crippen molar-refractivity contribution in [2.75, 3.05) is 11.6 Å². The summed E-state index contributed by atoms with van der Waals surface area (Å²) in [6.07, 6.45) is 6.13. The fourth-order valence-corrected chi connectivity index (χ4v) is 4.10. The maximum atomic E-state index is 4.47. The minimum Gasteiger partial charge on any atom is -0.372 e. The molecule has 0 amide bonds. The molecule has 2 unspecified atom stereocenters. The van der Waals surface area contributed by atoms with Gasteiger partial charge in [-0.1, -0.05) is 12.1 Å². The Hall–Kier alpha value is -0.740. The van der Waals surface area contributed by atoms with Crippen molar-refractivity contribution in [1.29, 1.82) is 0 Å². The van der Waals surface area contributed by atoms with Crippen LogP contribution in [0.1, 0.15) is 19.3 Å². The zero-order chi connectivity index (χ0) is 11.7. The maximum absolute atomic E-state index is 4.47. The molecular formula is C13H16N2S2. The first kappa shape index (κ1) is 11.4. The molecule has 1 aliphatic carbocycles. The minimum absolute atomic E-state index is 0.635. The highest BCUT2D eigenvalue weighted by molar-refractivity contribution is 7.99. The molecule has 2 aromatic rings. The van der Waals surface area contributed by atoms with Crippen LogP contribution in [0.2, 0.25) is 0 Å². The highest BCUT2D eigenvalue weighted by Crippen LogP contribution is 2.34. The third-order valence-electron chi connectivity index (χ3n) is 3.44. The summed E-state index contributed by atoms with van der Waals surface area (Å²) in [6, 6.07) is 9.00. The lowest BCUT2D eigenvalue weighted by Crippen LogP contribution is -2.15. The molecule has 1 heterocycles. The van der Waals surface area contributed by atoms with E-state index < -0.39 is 0 Å². The number of hydrogen-bond donors (Lipinski definition) is 1. The first-order valence-electron chi connectivity index (χ1n) is 6.00. The van der Waals surface area contributed by atoms with Gasteiger partial charge in [0.1, 0.15) is 5.00 Å². The van der Waals surface area contributed by atoms with Crippen molar-refractivity contribution >= 4 is 39.2 Å². The highest BCUT2D eigenvalue weighted by atomic mass is 32.2. The van der Waals surface area contributed by atoms with E-state index in [1.54, 1.807) is 11.5 Å². The van der Waals surface area contributed by atoms with Gasteiger partial charge >= 0.3 is 0 Å². The van der Waals surface area contributed by atoms with Crippen molar-refractivity contribution in [1.82, 2.24) is 4.37 Å². The first-order chi connectivity index (χ1) is 8.36. The molecule has 17 heavy (non-hydrogen) atoms. The SMILES string of the molecule is CSC1CCC(Nc2snc3ccccc23)C1. The van der Waals surface area contributed by atoms with Crippen molar-refractivity contribution in [3.8, 4) is 0 Å². The van der Waals surface area contributed by atoms with E-state index in [-0.39, 0.29) is 0 Å². The van der Waals surface area contributed by atoms with Crippen LogP contribution < -0.4 is 5.32 Å². The molecule has 3 rings (SSSR count). The van der Waals surface area contributed by atoms with E-state index in [1.165, 1.54) is 29.6 Å². The van der Waals surface area contributed by atoms with Gasteiger partial charge in [0.15, 0.2) is 0 Å². The topological polar surface area (TPSA) is 24.9 Å². The number of fused-ring (bicyclic) bond motifs is 1. The van der Waals surface area contributed by atoms with Crippen molar-refractivity contribution < 1.29 is 0 Å². The number of benzene rings is 1. The quantitative estimate of drug-likeness (QED) is 0.907. The second kappa shape index (κ2) is 4.86. The van der Waals surface area contributed by atoms with Crippen LogP contribution in [-0.4, -0.2) is 21.9 Å². The molecule has 0 radical (unpaired) electrons. The number of aromatic nitrogens is 1. The predicted octanol–water partition coefficient (Wildman–Crippen LogP) is 3.99. The Balaban J connectivity index is 1.77. The maximum Gasteiger partial charge on any atom is 0.117 e. The minimum atomic E-state index is 0.635. The number of nitrogens with one attached hydrogen (secondary N) is 1. The molecule has 1 N–H and O–H groups in total. The average molecular weight is 264 g/mol. The molecule has 1 aromatic carbocycles. The number of thioether (sulfide) groups is 1. The third kappa shape index (κ3) is 2.29. The Bertz CT molecular complexity index is 509. The Labute approximate surface area is 110 Å². The molecule has 1 fully saturated rings. The molecular weight excluding hydrogens is 248 g/mol. The number of hydrogen-bond acceptors (Lipinski definition) is 4. The van der Waals surface area contributed by atoms with Gasteiger partial charge in [-0.25, -0.2) is 0 Å². The van der Waals surface area contributed by atoms with Gasteiger partial charge < -0.3 is 5.32 Å². The summed E-state index contributed by atoms with van der Waals surface area (Å²) in [7, 11) is 0. The van der Waals surface area contributed by atoms with Crippen LogP contribution in [0.15, 0.2) is 24.3 Å². The van der Waals surface area contributed by atoms with Crippen molar-refractivity contribution in [3.05, 3.63) is 24.3 Å². The monoisotopic (exact) mass is 264 g/mol. The number of rotatable bonds is 3. The van der Waals surface area contributed by atoms with Crippen molar-refractivity contribution in [3.63, 3.8) is 0 Å². The van der Waals surface area contributed by atoms with Gasteiger partial charge in [0, 0.05) is 16.7 Å². The second-order valence-electron chi connectivity index (χ2n) is 4.54. The highest BCUT2D eigenvalue weighted by Gasteiger charge is 2.24. The van der Waals surface area contributed by atoms with Gasteiger partial charge in [-0.15, -0.1) is 0 Å². The van der Waals surface area contributed by atoms with Crippen LogP contribution in [0.3, 0.4) is 0 Å². The molecule has 1 saturated carbocycles. The smallest absolute Gasteiger partial charge is 0.117 e. The molecule has 2 nitrogen and oxygen atoms in total. The fraction of sp³-hybridized carbons (Fsp3) is 0.462. The zero-order valence-corrected chi connectivity index (χ0v) is 11.5. The zero-order valence-electron chi connectivity index (χ0n) is 9.85. The van der Waals surface area contributed by atoms with Crippen LogP contribution in [0.5, 0.6) is 0 Å². The summed E-state index contributed by atoms with van der Waals surface area (Å²) in [4.78, 5) is 0. The van der Waals surface area contributed by atoms with Gasteiger partial charge in [0.05, 0.1) is 5.52 Å². The Morgan fingerprint density at radius 2 is 2.24 bits per heavy atom. The predicted molar refractivity (Wildman–Crippen MR) is 78.2 cm³/mol. The molecule has 0 aliphatic heterocycles. The summed E-state index contributed by atoms with van der Waals surface area (Å²) >= 11 is 3.59. The molecule has 90 valence electrons. The molecule has 1 aromatic heterocycles. The fourth-order valence-electron chi connectivity index (χ4n) is 2.46. The van der Waals surface area contributed by atoms with Gasteiger partial charge in [-0.05, 0) is 49.2 Å². The molecule has 0 saturated heterocycles. The third-order valence-corrected chi connectivity index (χ3v) is 5.34. The molecule has 0 bridgehead atoms. The number of anilines is 1. The van der Waals surface area contributed by atoms with Gasteiger partial charge in [-0.3, -0.25) is 0 Å².